The van der Waals surface area contributed by atoms with Gasteiger partial charge in [-0.05, 0) is 105 Å². The van der Waals surface area contributed by atoms with E-state index in [9.17, 15) is 0 Å². The minimum absolute atomic E-state index is 0.519. The Morgan fingerprint density at radius 3 is 1.18 bits per heavy atom. The number of benzene rings is 9. The quantitative estimate of drug-likeness (QED) is 0.170. The Kier molecular flexibility index (Phi) is 7.11. The molecule has 9 aromatic carbocycles. The van der Waals surface area contributed by atoms with Gasteiger partial charge < -0.3 is 9.80 Å². The summed E-state index contributed by atoms with van der Waals surface area (Å²) in [5.41, 5.74) is 16.7. The van der Waals surface area contributed by atoms with E-state index < -0.39 is 5.41 Å². The number of fused-ring (bicyclic) bond motifs is 11. The highest BCUT2D eigenvalue weighted by Gasteiger charge is 2.53. The Morgan fingerprint density at radius 1 is 0.273 bits per heavy atom. The van der Waals surface area contributed by atoms with E-state index in [0.29, 0.717) is 0 Å². The Hall–Kier alpha value is -7.16. The zero-order chi connectivity index (χ0) is 36.3. The van der Waals surface area contributed by atoms with Gasteiger partial charge in [-0.15, -0.1) is 0 Å². The van der Waals surface area contributed by atoms with Gasteiger partial charge in [-0.2, -0.15) is 0 Å². The lowest BCUT2D eigenvalue weighted by molar-refractivity contribution is 0.793. The van der Waals surface area contributed by atoms with E-state index in [0.717, 1.165) is 22.7 Å². The fraction of sp³-hybridized carbons (Fsp3) is 0.0189. The van der Waals surface area contributed by atoms with Crippen LogP contribution in [0.15, 0.2) is 218 Å². The number of para-hydroxylation sites is 3. The molecule has 0 amide bonds. The molecule has 11 rings (SSSR count). The van der Waals surface area contributed by atoms with Crippen molar-refractivity contribution in [2.75, 3.05) is 9.80 Å². The SMILES string of the molecule is c1ccc(N(c2ccccc2)c2cccc3c2-c2ccccc2C32c3ccccc3-c3c(N(c4ccccc4)c4ccc5ccccc5c4)cccc32)cc1. The fourth-order valence-electron chi connectivity index (χ4n) is 9.47. The maximum absolute atomic E-state index is 2.45. The number of hydrogen-bond donors (Lipinski definition) is 0. The molecule has 9 aromatic rings. The van der Waals surface area contributed by atoms with Gasteiger partial charge in [0.25, 0.3) is 0 Å². The summed E-state index contributed by atoms with van der Waals surface area (Å²) in [5, 5.41) is 2.45. The summed E-state index contributed by atoms with van der Waals surface area (Å²) in [4.78, 5) is 4.87. The molecule has 258 valence electrons. The molecule has 0 heterocycles. The summed E-state index contributed by atoms with van der Waals surface area (Å²) in [5.74, 6) is 0. The molecule has 2 nitrogen and oxygen atoms in total. The van der Waals surface area contributed by atoms with E-state index in [2.05, 4.69) is 228 Å². The molecule has 1 spiro atoms. The second kappa shape index (κ2) is 12.5. The predicted octanol–water partition coefficient (Wildman–Crippen LogP) is 14.1. The number of hydrogen-bond acceptors (Lipinski definition) is 2. The van der Waals surface area contributed by atoms with Crippen molar-refractivity contribution >= 4 is 44.9 Å². The van der Waals surface area contributed by atoms with Crippen LogP contribution >= 0.6 is 0 Å². The molecular weight excluding hydrogens is 665 g/mol. The lowest BCUT2D eigenvalue weighted by Gasteiger charge is -2.32. The zero-order valence-corrected chi connectivity index (χ0v) is 30.2. The van der Waals surface area contributed by atoms with Gasteiger partial charge in [0.1, 0.15) is 0 Å². The van der Waals surface area contributed by atoms with Crippen LogP contribution in [0.5, 0.6) is 0 Å². The first kappa shape index (κ1) is 31.4. The summed E-state index contributed by atoms with van der Waals surface area (Å²) in [6, 6.07) is 79.9. The fourth-order valence-corrected chi connectivity index (χ4v) is 9.47. The van der Waals surface area contributed by atoms with Crippen LogP contribution in [0.3, 0.4) is 0 Å². The predicted molar refractivity (Wildman–Crippen MR) is 230 cm³/mol. The molecule has 0 fully saturated rings. The highest BCUT2D eigenvalue weighted by molar-refractivity contribution is 6.04. The molecule has 0 saturated heterocycles. The minimum atomic E-state index is -0.519. The number of nitrogens with zero attached hydrogens (tertiary/aromatic N) is 2. The third kappa shape index (κ3) is 4.62. The third-order valence-corrected chi connectivity index (χ3v) is 11.6. The van der Waals surface area contributed by atoms with E-state index in [1.165, 1.54) is 66.7 Å². The van der Waals surface area contributed by atoms with Crippen LogP contribution in [0.2, 0.25) is 0 Å². The second-order valence-corrected chi connectivity index (χ2v) is 14.4. The van der Waals surface area contributed by atoms with Crippen LogP contribution in [-0.4, -0.2) is 0 Å². The first-order chi connectivity index (χ1) is 27.3. The Morgan fingerprint density at radius 2 is 0.673 bits per heavy atom. The monoisotopic (exact) mass is 700 g/mol. The summed E-state index contributed by atoms with van der Waals surface area (Å²) in [6.45, 7) is 0. The maximum Gasteiger partial charge on any atom is 0.0727 e. The van der Waals surface area contributed by atoms with E-state index >= 15 is 0 Å². The summed E-state index contributed by atoms with van der Waals surface area (Å²) < 4.78 is 0. The van der Waals surface area contributed by atoms with Crippen molar-refractivity contribution in [2.45, 2.75) is 5.41 Å². The van der Waals surface area contributed by atoms with Crippen LogP contribution in [0.25, 0.3) is 33.0 Å². The molecule has 0 bridgehead atoms. The van der Waals surface area contributed by atoms with Crippen LogP contribution in [0, 0.1) is 0 Å². The summed E-state index contributed by atoms with van der Waals surface area (Å²) in [6.07, 6.45) is 0. The maximum atomic E-state index is 2.45. The van der Waals surface area contributed by atoms with Crippen molar-refractivity contribution in [1.82, 2.24) is 0 Å². The first-order valence-corrected chi connectivity index (χ1v) is 19.0. The van der Waals surface area contributed by atoms with Crippen molar-refractivity contribution < 1.29 is 0 Å². The van der Waals surface area contributed by atoms with Crippen LogP contribution < -0.4 is 9.80 Å². The Balaban J connectivity index is 1.21. The normalized spacial score (nSPS) is 14.6. The van der Waals surface area contributed by atoms with Crippen molar-refractivity contribution in [2.24, 2.45) is 0 Å². The van der Waals surface area contributed by atoms with E-state index in [1.54, 1.807) is 0 Å². The smallest absolute Gasteiger partial charge is 0.0727 e. The highest BCUT2D eigenvalue weighted by Crippen LogP contribution is 2.66. The van der Waals surface area contributed by atoms with Gasteiger partial charge in [0, 0.05) is 33.9 Å². The molecule has 0 aromatic heterocycles. The topological polar surface area (TPSA) is 6.48 Å². The van der Waals surface area contributed by atoms with Crippen molar-refractivity contribution in [3.8, 4) is 22.3 Å². The largest absolute Gasteiger partial charge is 0.310 e. The average molecular weight is 701 g/mol. The molecule has 2 heteroatoms. The van der Waals surface area contributed by atoms with Crippen LogP contribution in [0.4, 0.5) is 34.1 Å². The number of anilines is 6. The highest BCUT2D eigenvalue weighted by atomic mass is 15.2. The first-order valence-electron chi connectivity index (χ1n) is 19.0. The molecule has 0 saturated carbocycles. The van der Waals surface area contributed by atoms with Gasteiger partial charge in [0.15, 0.2) is 0 Å². The van der Waals surface area contributed by atoms with Gasteiger partial charge in [-0.3, -0.25) is 0 Å². The lowest BCUT2D eigenvalue weighted by atomic mass is 9.70. The van der Waals surface area contributed by atoms with Gasteiger partial charge in [0.2, 0.25) is 0 Å². The molecule has 55 heavy (non-hydrogen) atoms. The van der Waals surface area contributed by atoms with Gasteiger partial charge >= 0.3 is 0 Å². The number of rotatable bonds is 6. The van der Waals surface area contributed by atoms with Gasteiger partial charge in [0.05, 0.1) is 16.8 Å². The standard InChI is InChI=1S/C53H36N2/c1-4-20-39(21-5-1)54(40-22-6-2-7-23-40)49-32-16-30-47-51(49)43-26-12-14-28-45(43)53(47)46-29-15-13-27-44(46)52-48(53)31-17-33-50(52)55(41-24-8-3-9-25-41)42-35-34-37-18-10-11-19-38(37)36-42/h1-36H. The molecule has 1 unspecified atom stereocenters. The molecule has 2 aliphatic rings. The van der Waals surface area contributed by atoms with E-state index in [-0.39, 0.29) is 0 Å². The zero-order valence-electron chi connectivity index (χ0n) is 30.2. The molecular formula is C53H36N2. The summed E-state index contributed by atoms with van der Waals surface area (Å²) >= 11 is 0. The Labute approximate surface area is 321 Å². The van der Waals surface area contributed by atoms with Crippen LogP contribution in [0.1, 0.15) is 22.3 Å². The van der Waals surface area contributed by atoms with Crippen molar-refractivity contribution in [3.05, 3.63) is 241 Å². The van der Waals surface area contributed by atoms with Gasteiger partial charge in [-0.1, -0.05) is 158 Å². The lowest BCUT2D eigenvalue weighted by Crippen LogP contribution is -2.26. The second-order valence-electron chi connectivity index (χ2n) is 14.4. The van der Waals surface area contributed by atoms with Crippen molar-refractivity contribution in [3.63, 3.8) is 0 Å². The molecule has 0 N–H and O–H groups in total. The molecule has 0 radical (unpaired) electrons. The third-order valence-electron chi connectivity index (χ3n) is 11.6. The molecule has 0 aliphatic heterocycles. The molecule has 2 aliphatic carbocycles. The van der Waals surface area contributed by atoms with Crippen molar-refractivity contribution in [1.29, 1.82) is 0 Å². The van der Waals surface area contributed by atoms with Crippen LogP contribution in [-0.2, 0) is 5.41 Å². The molecule has 1 atom stereocenters. The van der Waals surface area contributed by atoms with E-state index in [4.69, 9.17) is 0 Å². The summed E-state index contributed by atoms with van der Waals surface area (Å²) in [7, 11) is 0. The average Bonchev–Trinajstić information content (AvgIpc) is 3.73. The van der Waals surface area contributed by atoms with E-state index in [1.807, 2.05) is 0 Å². The Bertz CT molecular complexity index is 2840. The van der Waals surface area contributed by atoms with Gasteiger partial charge in [-0.25, -0.2) is 0 Å². The minimum Gasteiger partial charge on any atom is -0.310 e.